The highest BCUT2D eigenvalue weighted by Gasteiger charge is 2.25. The number of rotatable bonds is 4. The molecule has 0 spiro atoms. The van der Waals surface area contributed by atoms with Crippen molar-refractivity contribution in [3.05, 3.63) is 12.3 Å². The molecule has 5 nitrogen and oxygen atoms in total. The smallest absolute Gasteiger partial charge is 0.145 e. The third-order valence-corrected chi connectivity index (χ3v) is 4.55. The van der Waals surface area contributed by atoms with Crippen LogP contribution in [-0.2, 0) is 6.54 Å². The molecule has 1 aliphatic carbocycles. The first-order chi connectivity index (χ1) is 9.31. The molecule has 2 heterocycles. The topological polar surface area (TPSA) is 50.3 Å². The van der Waals surface area contributed by atoms with Crippen LogP contribution in [0.3, 0.4) is 0 Å². The van der Waals surface area contributed by atoms with Crippen molar-refractivity contribution in [3.63, 3.8) is 0 Å². The Morgan fingerprint density at radius 2 is 1.84 bits per heavy atom. The van der Waals surface area contributed by atoms with Crippen LogP contribution < -0.4 is 5.73 Å². The predicted molar refractivity (Wildman–Crippen MR) is 76.9 cm³/mol. The number of nitrogen functional groups attached to an aromatic ring is 1. The molecule has 0 amide bonds. The van der Waals surface area contributed by atoms with Crippen LogP contribution in [0.25, 0.3) is 0 Å². The fourth-order valence-corrected chi connectivity index (χ4v) is 3.37. The summed E-state index contributed by atoms with van der Waals surface area (Å²) < 4.78 is 1.94. The van der Waals surface area contributed by atoms with E-state index in [1.54, 1.807) is 0 Å². The van der Waals surface area contributed by atoms with Gasteiger partial charge in [0, 0.05) is 45.0 Å². The first-order valence-electron chi connectivity index (χ1n) is 7.56. The third kappa shape index (κ3) is 3.28. The maximum atomic E-state index is 5.62. The van der Waals surface area contributed by atoms with Gasteiger partial charge < -0.3 is 5.73 Å². The van der Waals surface area contributed by atoms with Gasteiger partial charge in [0.2, 0.25) is 0 Å². The quantitative estimate of drug-likeness (QED) is 0.881. The summed E-state index contributed by atoms with van der Waals surface area (Å²) >= 11 is 0. The van der Waals surface area contributed by atoms with Crippen molar-refractivity contribution in [2.75, 3.05) is 38.5 Å². The highest BCUT2D eigenvalue weighted by molar-refractivity contribution is 5.23. The lowest BCUT2D eigenvalue weighted by Gasteiger charge is -2.38. The van der Waals surface area contributed by atoms with Gasteiger partial charge in [-0.3, -0.25) is 14.5 Å². The second kappa shape index (κ2) is 5.92. The van der Waals surface area contributed by atoms with Crippen molar-refractivity contribution in [1.29, 1.82) is 0 Å². The third-order valence-electron chi connectivity index (χ3n) is 4.55. The number of hydrogen-bond acceptors (Lipinski definition) is 4. The normalized spacial score (nSPS) is 23.2. The molecular formula is C14H25N5. The van der Waals surface area contributed by atoms with Crippen LogP contribution in [-0.4, -0.2) is 58.3 Å². The maximum Gasteiger partial charge on any atom is 0.145 e. The Kier molecular flexibility index (Phi) is 4.03. The number of aromatic nitrogens is 2. The SMILES string of the molecule is Nc1ccn(CCN2CCN(C3CCCC3)CC2)n1. The molecule has 19 heavy (non-hydrogen) atoms. The van der Waals surface area contributed by atoms with E-state index in [4.69, 9.17) is 5.73 Å². The van der Waals surface area contributed by atoms with Gasteiger partial charge >= 0.3 is 0 Å². The minimum absolute atomic E-state index is 0.617. The van der Waals surface area contributed by atoms with Gasteiger partial charge in [0.05, 0.1) is 6.54 Å². The summed E-state index contributed by atoms with van der Waals surface area (Å²) in [6.45, 7) is 6.92. The van der Waals surface area contributed by atoms with Crippen LogP contribution in [0.15, 0.2) is 12.3 Å². The fourth-order valence-electron chi connectivity index (χ4n) is 3.37. The van der Waals surface area contributed by atoms with Gasteiger partial charge in [-0.05, 0) is 18.9 Å². The van der Waals surface area contributed by atoms with Gasteiger partial charge in [0.1, 0.15) is 5.82 Å². The second-order valence-corrected chi connectivity index (χ2v) is 5.82. The van der Waals surface area contributed by atoms with Crippen LogP contribution in [0.2, 0.25) is 0 Å². The molecule has 1 aromatic heterocycles. The van der Waals surface area contributed by atoms with Crippen LogP contribution >= 0.6 is 0 Å². The highest BCUT2D eigenvalue weighted by Crippen LogP contribution is 2.24. The van der Waals surface area contributed by atoms with Gasteiger partial charge in [-0.25, -0.2) is 0 Å². The predicted octanol–water partition coefficient (Wildman–Crippen LogP) is 1.03. The van der Waals surface area contributed by atoms with E-state index in [2.05, 4.69) is 14.9 Å². The molecule has 0 unspecified atom stereocenters. The Hall–Kier alpha value is -1.07. The van der Waals surface area contributed by atoms with Gasteiger partial charge in [0.15, 0.2) is 0 Å². The number of nitrogens with zero attached hydrogens (tertiary/aromatic N) is 4. The number of hydrogen-bond donors (Lipinski definition) is 1. The van der Waals surface area contributed by atoms with E-state index in [1.165, 1.54) is 51.9 Å². The zero-order chi connectivity index (χ0) is 13.1. The molecule has 5 heteroatoms. The molecule has 1 saturated carbocycles. The Labute approximate surface area is 115 Å². The average molecular weight is 263 g/mol. The van der Waals surface area contributed by atoms with E-state index >= 15 is 0 Å². The molecule has 0 bridgehead atoms. The lowest BCUT2D eigenvalue weighted by Crippen LogP contribution is -2.50. The summed E-state index contributed by atoms with van der Waals surface area (Å²) in [5.41, 5.74) is 5.62. The summed E-state index contributed by atoms with van der Waals surface area (Å²) in [5, 5.41) is 4.23. The molecule has 3 rings (SSSR count). The molecular weight excluding hydrogens is 238 g/mol. The van der Waals surface area contributed by atoms with Crippen molar-refractivity contribution < 1.29 is 0 Å². The van der Waals surface area contributed by atoms with Crippen molar-refractivity contribution in [2.24, 2.45) is 0 Å². The molecule has 0 radical (unpaired) electrons. The Morgan fingerprint density at radius 3 is 2.47 bits per heavy atom. The van der Waals surface area contributed by atoms with Crippen molar-refractivity contribution in [2.45, 2.75) is 38.3 Å². The van der Waals surface area contributed by atoms with Crippen molar-refractivity contribution >= 4 is 5.82 Å². The molecule has 2 N–H and O–H groups in total. The summed E-state index contributed by atoms with van der Waals surface area (Å²) in [6.07, 6.45) is 7.68. The maximum absolute atomic E-state index is 5.62. The van der Waals surface area contributed by atoms with E-state index in [-0.39, 0.29) is 0 Å². The van der Waals surface area contributed by atoms with Gasteiger partial charge in [-0.15, -0.1) is 0 Å². The Morgan fingerprint density at radius 1 is 1.11 bits per heavy atom. The molecule has 0 atom stereocenters. The lowest BCUT2D eigenvalue weighted by atomic mass is 10.2. The number of nitrogens with two attached hydrogens (primary N) is 1. The number of anilines is 1. The molecule has 2 fully saturated rings. The zero-order valence-corrected chi connectivity index (χ0v) is 11.7. The Balaban J connectivity index is 1.40. The van der Waals surface area contributed by atoms with Crippen LogP contribution in [0, 0.1) is 0 Å². The van der Waals surface area contributed by atoms with E-state index < -0.39 is 0 Å². The van der Waals surface area contributed by atoms with Gasteiger partial charge in [0.25, 0.3) is 0 Å². The summed E-state index contributed by atoms with van der Waals surface area (Å²) in [5.74, 6) is 0.617. The van der Waals surface area contributed by atoms with Crippen molar-refractivity contribution in [3.8, 4) is 0 Å². The molecule has 106 valence electrons. The summed E-state index contributed by atoms with van der Waals surface area (Å²) in [7, 11) is 0. The largest absolute Gasteiger partial charge is 0.382 e. The summed E-state index contributed by atoms with van der Waals surface area (Å²) in [4.78, 5) is 5.25. The van der Waals surface area contributed by atoms with Gasteiger partial charge in [-0.2, -0.15) is 5.10 Å². The van der Waals surface area contributed by atoms with E-state index in [0.717, 1.165) is 19.1 Å². The monoisotopic (exact) mass is 263 g/mol. The minimum Gasteiger partial charge on any atom is -0.382 e. The molecule has 1 aliphatic heterocycles. The first kappa shape index (κ1) is 12.9. The first-order valence-corrected chi connectivity index (χ1v) is 7.56. The Bertz CT molecular complexity index is 388. The van der Waals surface area contributed by atoms with Gasteiger partial charge in [-0.1, -0.05) is 12.8 Å². The lowest BCUT2D eigenvalue weighted by molar-refractivity contribution is 0.0950. The minimum atomic E-state index is 0.617. The van der Waals surface area contributed by atoms with Crippen molar-refractivity contribution in [1.82, 2.24) is 19.6 Å². The highest BCUT2D eigenvalue weighted by atomic mass is 15.3. The molecule has 1 saturated heterocycles. The fraction of sp³-hybridized carbons (Fsp3) is 0.786. The van der Waals surface area contributed by atoms with E-state index in [9.17, 15) is 0 Å². The second-order valence-electron chi connectivity index (χ2n) is 5.82. The standard InChI is InChI=1S/C14H25N5/c15-14-5-6-19(16-14)12-9-17-7-10-18(11-8-17)13-3-1-2-4-13/h5-6,13H,1-4,7-12H2,(H2,15,16). The van der Waals surface area contributed by atoms with Crippen LogP contribution in [0.1, 0.15) is 25.7 Å². The van der Waals surface area contributed by atoms with E-state index in [1.807, 2.05) is 16.9 Å². The van der Waals surface area contributed by atoms with Crippen LogP contribution in [0.5, 0.6) is 0 Å². The molecule has 2 aliphatic rings. The molecule has 1 aromatic rings. The summed E-state index contributed by atoms with van der Waals surface area (Å²) in [6, 6.07) is 2.74. The zero-order valence-electron chi connectivity index (χ0n) is 11.7. The number of piperazine rings is 1. The van der Waals surface area contributed by atoms with E-state index in [0.29, 0.717) is 5.82 Å². The van der Waals surface area contributed by atoms with Crippen LogP contribution in [0.4, 0.5) is 5.82 Å². The molecule has 0 aromatic carbocycles. The average Bonchev–Trinajstić information content (AvgIpc) is 3.08.